The van der Waals surface area contributed by atoms with Gasteiger partial charge in [0.05, 0.1) is 13.7 Å². The molecule has 2 aromatic rings. The van der Waals surface area contributed by atoms with E-state index in [1.807, 2.05) is 48.5 Å². The predicted octanol–water partition coefficient (Wildman–Crippen LogP) is 4.26. The zero-order valence-corrected chi connectivity index (χ0v) is 13.9. The molecule has 0 radical (unpaired) electrons. The molecular formula is C17H18BrNO3. The lowest BCUT2D eigenvalue weighted by Crippen LogP contribution is -2.12. The Kier molecular flexibility index (Phi) is 6.27. The average molecular weight is 364 g/mol. The maximum Gasteiger partial charge on any atom is 0.224 e. The van der Waals surface area contributed by atoms with Crippen LogP contribution in [0.2, 0.25) is 0 Å². The fraction of sp³-hybridized carbons (Fsp3) is 0.235. The number of benzene rings is 2. The second-order valence-corrected chi connectivity index (χ2v) is 5.60. The highest BCUT2D eigenvalue weighted by atomic mass is 79.9. The van der Waals surface area contributed by atoms with E-state index in [1.165, 1.54) is 0 Å². The average Bonchev–Trinajstić information content (AvgIpc) is 2.54. The van der Waals surface area contributed by atoms with Crippen molar-refractivity contribution in [1.82, 2.24) is 0 Å². The first kappa shape index (κ1) is 16.4. The van der Waals surface area contributed by atoms with Crippen molar-refractivity contribution >= 4 is 27.5 Å². The van der Waals surface area contributed by atoms with Crippen molar-refractivity contribution < 1.29 is 14.3 Å². The Bertz CT molecular complexity index is 596. The molecule has 5 heteroatoms. The summed E-state index contributed by atoms with van der Waals surface area (Å²) >= 11 is 3.36. The van der Waals surface area contributed by atoms with Gasteiger partial charge >= 0.3 is 0 Å². The molecule has 116 valence electrons. The van der Waals surface area contributed by atoms with Gasteiger partial charge in [0.15, 0.2) is 0 Å². The molecule has 0 unspecified atom stereocenters. The molecule has 1 amide bonds. The minimum atomic E-state index is -0.0133. The topological polar surface area (TPSA) is 47.6 Å². The summed E-state index contributed by atoms with van der Waals surface area (Å²) in [4.78, 5) is 11.8. The third-order valence-electron chi connectivity index (χ3n) is 3.00. The number of amides is 1. The van der Waals surface area contributed by atoms with Crippen molar-refractivity contribution in [3.05, 3.63) is 53.0 Å². The highest BCUT2D eigenvalue weighted by Gasteiger charge is 2.03. The minimum absolute atomic E-state index is 0.0133. The van der Waals surface area contributed by atoms with Gasteiger partial charge in [-0.05, 0) is 55.0 Å². The summed E-state index contributed by atoms with van der Waals surface area (Å²) in [5, 5.41) is 2.85. The van der Waals surface area contributed by atoms with Crippen LogP contribution in [0.15, 0.2) is 53.0 Å². The van der Waals surface area contributed by atoms with Crippen LogP contribution in [-0.4, -0.2) is 19.6 Å². The monoisotopic (exact) mass is 363 g/mol. The van der Waals surface area contributed by atoms with Crippen LogP contribution in [0.1, 0.15) is 12.8 Å². The van der Waals surface area contributed by atoms with Crippen LogP contribution in [0, 0.1) is 0 Å². The SMILES string of the molecule is COc1ccc(OCCCC(=O)Nc2ccc(Br)cc2)cc1. The molecule has 0 aliphatic heterocycles. The zero-order valence-electron chi connectivity index (χ0n) is 12.3. The molecule has 1 N–H and O–H groups in total. The lowest BCUT2D eigenvalue weighted by molar-refractivity contribution is -0.116. The number of hydrogen-bond acceptors (Lipinski definition) is 3. The van der Waals surface area contributed by atoms with E-state index in [0.29, 0.717) is 19.4 Å². The second kappa shape index (κ2) is 8.44. The Morgan fingerprint density at radius 2 is 1.68 bits per heavy atom. The van der Waals surface area contributed by atoms with Crippen LogP contribution < -0.4 is 14.8 Å². The lowest BCUT2D eigenvalue weighted by atomic mass is 10.2. The fourth-order valence-corrected chi connectivity index (χ4v) is 2.12. The predicted molar refractivity (Wildman–Crippen MR) is 90.5 cm³/mol. The Morgan fingerprint density at radius 1 is 1.05 bits per heavy atom. The number of carbonyl (C=O) groups is 1. The molecule has 0 bridgehead atoms. The number of methoxy groups -OCH3 is 1. The van der Waals surface area contributed by atoms with E-state index in [0.717, 1.165) is 21.7 Å². The van der Waals surface area contributed by atoms with Gasteiger partial charge in [0.2, 0.25) is 5.91 Å². The van der Waals surface area contributed by atoms with Crippen LogP contribution in [0.4, 0.5) is 5.69 Å². The summed E-state index contributed by atoms with van der Waals surface area (Å²) in [6, 6.07) is 14.9. The van der Waals surface area contributed by atoms with E-state index in [2.05, 4.69) is 21.2 Å². The molecule has 22 heavy (non-hydrogen) atoms. The quantitative estimate of drug-likeness (QED) is 0.747. The number of carbonyl (C=O) groups excluding carboxylic acids is 1. The summed E-state index contributed by atoms with van der Waals surface area (Å²) in [5.74, 6) is 1.55. The lowest BCUT2D eigenvalue weighted by Gasteiger charge is -2.08. The molecule has 0 heterocycles. The number of ether oxygens (including phenoxy) is 2. The van der Waals surface area contributed by atoms with Crippen LogP contribution in [-0.2, 0) is 4.79 Å². The third-order valence-corrected chi connectivity index (χ3v) is 3.53. The summed E-state index contributed by atoms with van der Waals surface area (Å²) in [5.41, 5.74) is 0.796. The second-order valence-electron chi connectivity index (χ2n) is 4.68. The van der Waals surface area contributed by atoms with Crippen molar-refractivity contribution in [3.63, 3.8) is 0 Å². The summed E-state index contributed by atoms with van der Waals surface area (Å²) in [7, 11) is 1.62. The van der Waals surface area contributed by atoms with Crippen molar-refractivity contribution in [2.75, 3.05) is 19.0 Å². The molecule has 2 rings (SSSR count). The van der Waals surface area contributed by atoms with Gasteiger partial charge < -0.3 is 14.8 Å². The maximum absolute atomic E-state index is 11.8. The number of nitrogens with one attached hydrogen (secondary N) is 1. The van der Waals surface area contributed by atoms with E-state index in [9.17, 15) is 4.79 Å². The highest BCUT2D eigenvalue weighted by Crippen LogP contribution is 2.17. The Labute approximate surface area is 138 Å². The Balaban J connectivity index is 1.67. The molecule has 0 spiro atoms. The summed E-state index contributed by atoms with van der Waals surface area (Å²) in [6.07, 6.45) is 1.08. The van der Waals surface area contributed by atoms with Gasteiger partial charge in [0.25, 0.3) is 0 Å². The molecule has 0 fully saturated rings. The van der Waals surface area contributed by atoms with Gasteiger partial charge in [-0.1, -0.05) is 15.9 Å². The Morgan fingerprint density at radius 3 is 2.32 bits per heavy atom. The molecule has 0 aliphatic rings. The van der Waals surface area contributed by atoms with Crippen molar-refractivity contribution in [2.45, 2.75) is 12.8 Å². The normalized spacial score (nSPS) is 10.1. The van der Waals surface area contributed by atoms with E-state index in [-0.39, 0.29) is 5.91 Å². The van der Waals surface area contributed by atoms with Gasteiger partial charge in [-0.15, -0.1) is 0 Å². The van der Waals surface area contributed by atoms with E-state index >= 15 is 0 Å². The van der Waals surface area contributed by atoms with Gasteiger partial charge in [-0.3, -0.25) is 4.79 Å². The summed E-state index contributed by atoms with van der Waals surface area (Å²) in [6.45, 7) is 0.500. The third kappa shape index (κ3) is 5.41. The molecule has 0 saturated carbocycles. The first-order valence-electron chi connectivity index (χ1n) is 6.99. The van der Waals surface area contributed by atoms with Crippen molar-refractivity contribution in [2.24, 2.45) is 0 Å². The first-order valence-corrected chi connectivity index (χ1v) is 7.79. The van der Waals surface area contributed by atoms with Crippen LogP contribution in [0.5, 0.6) is 11.5 Å². The van der Waals surface area contributed by atoms with Crippen molar-refractivity contribution in [3.8, 4) is 11.5 Å². The molecule has 0 atom stereocenters. The molecule has 0 saturated heterocycles. The number of hydrogen-bond donors (Lipinski definition) is 1. The van der Waals surface area contributed by atoms with E-state index in [1.54, 1.807) is 7.11 Å². The van der Waals surface area contributed by atoms with E-state index in [4.69, 9.17) is 9.47 Å². The van der Waals surface area contributed by atoms with Gasteiger partial charge in [0, 0.05) is 16.6 Å². The smallest absolute Gasteiger partial charge is 0.224 e. The van der Waals surface area contributed by atoms with Crippen LogP contribution in [0.25, 0.3) is 0 Å². The highest BCUT2D eigenvalue weighted by molar-refractivity contribution is 9.10. The molecule has 0 aliphatic carbocycles. The van der Waals surface area contributed by atoms with Gasteiger partial charge in [-0.25, -0.2) is 0 Å². The number of anilines is 1. The van der Waals surface area contributed by atoms with Gasteiger partial charge in [-0.2, -0.15) is 0 Å². The molecule has 2 aromatic carbocycles. The standard InChI is InChI=1S/C17H18BrNO3/c1-21-15-8-10-16(11-9-15)22-12-2-3-17(20)19-14-6-4-13(18)5-7-14/h4-11H,2-3,12H2,1H3,(H,19,20). The number of rotatable bonds is 7. The van der Waals surface area contributed by atoms with Crippen molar-refractivity contribution in [1.29, 1.82) is 0 Å². The van der Waals surface area contributed by atoms with Gasteiger partial charge in [0.1, 0.15) is 11.5 Å². The largest absolute Gasteiger partial charge is 0.497 e. The first-order chi connectivity index (χ1) is 10.7. The zero-order chi connectivity index (χ0) is 15.8. The maximum atomic E-state index is 11.8. The van der Waals surface area contributed by atoms with Crippen LogP contribution in [0.3, 0.4) is 0 Å². The summed E-state index contributed by atoms with van der Waals surface area (Å²) < 4.78 is 11.6. The van der Waals surface area contributed by atoms with E-state index < -0.39 is 0 Å². The Hall–Kier alpha value is -2.01. The molecule has 4 nitrogen and oxygen atoms in total. The number of halogens is 1. The molecular weight excluding hydrogens is 346 g/mol. The van der Waals surface area contributed by atoms with Crippen LogP contribution >= 0.6 is 15.9 Å². The molecule has 0 aromatic heterocycles. The fourth-order valence-electron chi connectivity index (χ4n) is 1.85. The minimum Gasteiger partial charge on any atom is -0.497 e.